The van der Waals surface area contributed by atoms with E-state index in [0.29, 0.717) is 23.6 Å². The van der Waals surface area contributed by atoms with Crippen molar-refractivity contribution in [3.05, 3.63) is 82.6 Å². The normalized spacial score (nSPS) is 19.4. The molecule has 0 spiro atoms. The van der Waals surface area contributed by atoms with Crippen LogP contribution in [-0.4, -0.2) is 38.8 Å². The van der Waals surface area contributed by atoms with Crippen LogP contribution in [0.1, 0.15) is 27.9 Å². The number of halogens is 1. The predicted molar refractivity (Wildman–Crippen MR) is 104 cm³/mol. The second-order valence-electron chi connectivity index (χ2n) is 6.99. The van der Waals surface area contributed by atoms with Crippen LogP contribution in [0.3, 0.4) is 0 Å². The maximum absolute atomic E-state index is 13.1. The Labute approximate surface area is 162 Å². The SMILES string of the molecule is Cc1ccc([C@@]2(O)CCN(C(=O)c3cc(-n4cccn4)ccc3Cl)C2)cc1. The van der Waals surface area contributed by atoms with E-state index in [1.807, 2.05) is 49.5 Å². The summed E-state index contributed by atoms with van der Waals surface area (Å²) >= 11 is 6.30. The molecule has 1 N–H and O–H groups in total. The minimum absolute atomic E-state index is 0.183. The lowest BCUT2D eigenvalue weighted by atomic mass is 9.92. The third-order valence-corrected chi connectivity index (χ3v) is 5.40. The minimum atomic E-state index is -1.03. The van der Waals surface area contributed by atoms with Crippen LogP contribution in [0.5, 0.6) is 0 Å². The van der Waals surface area contributed by atoms with E-state index >= 15 is 0 Å². The molecule has 1 saturated heterocycles. The van der Waals surface area contributed by atoms with E-state index in [4.69, 9.17) is 11.6 Å². The molecule has 0 bridgehead atoms. The summed E-state index contributed by atoms with van der Waals surface area (Å²) in [5.74, 6) is -0.183. The van der Waals surface area contributed by atoms with Gasteiger partial charge in [-0.3, -0.25) is 4.79 Å². The molecule has 27 heavy (non-hydrogen) atoms. The fraction of sp³-hybridized carbons (Fsp3) is 0.238. The number of amides is 1. The molecule has 1 atom stereocenters. The molecular formula is C21H20ClN3O2. The smallest absolute Gasteiger partial charge is 0.255 e. The first kappa shape index (κ1) is 17.8. The zero-order valence-corrected chi connectivity index (χ0v) is 15.7. The summed E-state index contributed by atoms with van der Waals surface area (Å²) < 4.78 is 1.68. The minimum Gasteiger partial charge on any atom is -0.383 e. The monoisotopic (exact) mass is 381 g/mol. The summed E-state index contributed by atoms with van der Waals surface area (Å²) in [5, 5.41) is 15.6. The number of hydrogen-bond acceptors (Lipinski definition) is 3. The van der Waals surface area contributed by atoms with Gasteiger partial charge in [0, 0.05) is 18.9 Å². The number of β-amino-alcohol motifs (C(OH)–C–C–N with tert-alkyl or cyclic N) is 1. The van der Waals surface area contributed by atoms with E-state index in [0.717, 1.165) is 16.8 Å². The summed E-state index contributed by atoms with van der Waals surface area (Å²) in [6.45, 7) is 2.73. The summed E-state index contributed by atoms with van der Waals surface area (Å²) in [6.07, 6.45) is 3.99. The third kappa shape index (κ3) is 3.36. The summed E-state index contributed by atoms with van der Waals surface area (Å²) in [6, 6.07) is 14.9. The largest absolute Gasteiger partial charge is 0.383 e. The molecular weight excluding hydrogens is 362 g/mol. The zero-order valence-electron chi connectivity index (χ0n) is 15.0. The fourth-order valence-electron chi connectivity index (χ4n) is 3.48. The Kier molecular flexibility index (Phi) is 4.50. The molecule has 0 saturated carbocycles. The topological polar surface area (TPSA) is 58.4 Å². The Balaban J connectivity index is 1.59. The van der Waals surface area contributed by atoms with Crippen LogP contribution in [0.2, 0.25) is 5.02 Å². The van der Waals surface area contributed by atoms with Crippen molar-refractivity contribution < 1.29 is 9.90 Å². The molecule has 0 radical (unpaired) electrons. The van der Waals surface area contributed by atoms with Crippen molar-refractivity contribution in [2.75, 3.05) is 13.1 Å². The number of aryl methyl sites for hydroxylation is 1. The zero-order chi connectivity index (χ0) is 19.0. The molecule has 0 aliphatic carbocycles. The number of rotatable bonds is 3. The summed E-state index contributed by atoms with van der Waals surface area (Å²) in [4.78, 5) is 14.7. The molecule has 6 heteroatoms. The highest BCUT2D eigenvalue weighted by molar-refractivity contribution is 6.33. The average molecular weight is 382 g/mol. The van der Waals surface area contributed by atoms with E-state index in [1.54, 1.807) is 27.9 Å². The number of likely N-dealkylation sites (tertiary alicyclic amines) is 1. The quantitative estimate of drug-likeness (QED) is 0.754. The van der Waals surface area contributed by atoms with Crippen molar-refractivity contribution in [3.8, 4) is 5.69 Å². The standard InChI is InChI=1S/C21H20ClN3O2/c1-15-3-5-16(6-4-15)21(27)9-12-24(14-21)20(26)18-13-17(7-8-19(18)22)25-11-2-10-23-25/h2-8,10-11,13,27H,9,12,14H2,1H3/t21-/m1/s1. The first-order valence-corrected chi connectivity index (χ1v) is 9.22. The molecule has 1 aliphatic rings. The van der Waals surface area contributed by atoms with Gasteiger partial charge in [0.2, 0.25) is 0 Å². The maximum Gasteiger partial charge on any atom is 0.255 e. The Bertz CT molecular complexity index is 970. The van der Waals surface area contributed by atoms with Crippen LogP contribution in [0.25, 0.3) is 5.69 Å². The molecule has 1 aliphatic heterocycles. The van der Waals surface area contributed by atoms with Gasteiger partial charge in [-0.2, -0.15) is 5.10 Å². The number of hydrogen-bond donors (Lipinski definition) is 1. The van der Waals surface area contributed by atoms with E-state index in [-0.39, 0.29) is 12.5 Å². The van der Waals surface area contributed by atoms with Gasteiger partial charge in [-0.1, -0.05) is 41.4 Å². The fourth-order valence-corrected chi connectivity index (χ4v) is 3.68. The number of carbonyl (C=O) groups excluding carboxylic acids is 1. The molecule has 5 nitrogen and oxygen atoms in total. The van der Waals surface area contributed by atoms with Crippen molar-refractivity contribution in [3.63, 3.8) is 0 Å². The highest BCUT2D eigenvalue weighted by Gasteiger charge is 2.40. The van der Waals surface area contributed by atoms with Crippen LogP contribution in [0.15, 0.2) is 60.9 Å². The first-order valence-electron chi connectivity index (χ1n) is 8.85. The number of carbonyl (C=O) groups is 1. The van der Waals surface area contributed by atoms with Crippen molar-refractivity contribution in [2.45, 2.75) is 18.9 Å². The number of aliphatic hydroxyl groups is 1. The van der Waals surface area contributed by atoms with Crippen LogP contribution < -0.4 is 0 Å². The van der Waals surface area contributed by atoms with E-state index in [2.05, 4.69) is 5.10 Å². The van der Waals surface area contributed by atoms with E-state index in [9.17, 15) is 9.90 Å². The Hall–Kier alpha value is -2.63. The molecule has 0 unspecified atom stereocenters. The Morgan fingerprint density at radius 1 is 1.22 bits per heavy atom. The molecule has 1 fully saturated rings. The second kappa shape index (κ2) is 6.83. The van der Waals surface area contributed by atoms with E-state index < -0.39 is 5.60 Å². The predicted octanol–water partition coefficient (Wildman–Crippen LogP) is 3.57. The Morgan fingerprint density at radius 3 is 2.70 bits per heavy atom. The molecule has 2 heterocycles. The summed E-state index contributed by atoms with van der Waals surface area (Å²) in [5.41, 5.74) is 2.11. The van der Waals surface area contributed by atoms with Crippen LogP contribution in [-0.2, 0) is 5.60 Å². The van der Waals surface area contributed by atoms with Crippen LogP contribution >= 0.6 is 11.6 Å². The van der Waals surface area contributed by atoms with Gasteiger partial charge in [-0.15, -0.1) is 0 Å². The van der Waals surface area contributed by atoms with E-state index in [1.165, 1.54) is 0 Å². The highest BCUT2D eigenvalue weighted by atomic mass is 35.5. The Morgan fingerprint density at radius 2 is 2.00 bits per heavy atom. The van der Waals surface area contributed by atoms with Crippen molar-refractivity contribution in [1.29, 1.82) is 0 Å². The number of benzene rings is 2. The van der Waals surface area contributed by atoms with Crippen molar-refractivity contribution in [1.82, 2.24) is 14.7 Å². The van der Waals surface area contributed by atoms with Gasteiger partial charge in [0.1, 0.15) is 5.60 Å². The number of nitrogens with zero attached hydrogens (tertiary/aromatic N) is 3. The average Bonchev–Trinajstić information content (AvgIpc) is 3.33. The first-order chi connectivity index (χ1) is 13.0. The van der Waals surface area contributed by atoms with Crippen LogP contribution in [0, 0.1) is 6.92 Å². The molecule has 1 aromatic heterocycles. The lowest BCUT2D eigenvalue weighted by molar-refractivity contribution is 0.0417. The van der Waals surface area contributed by atoms with Gasteiger partial charge in [0.25, 0.3) is 5.91 Å². The van der Waals surface area contributed by atoms with Gasteiger partial charge < -0.3 is 10.0 Å². The second-order valence-corrected chi connectivity index (χ2v) is 7.40. The highest BCUT2D eigenvalue weighted by Crippen LogP contribution is 2.33. The lowest BCUT2D eigenvalue weighted by Crippen LogP contribution is -2.34. The van der Waals surface area contributed by atoms with Gasteiger partial charge in [0.05, 0.1) is 22.8 Å². The summed E-state index contributed by atoms with van der Waals surface area (Å²) in [7, 11) is 0. The lowest BCUT2D eigenvalue weighted by Gasteiger charge is -2.24. The number of aromatic nitrogens is 2. The maximum atomic E-state index is 13.1. The van der Waals surface area contributed by atoms with Gasteiger partial charge >= 0.3 is 0 Å². The van der Waals surface area contributed by atoms with Gasteiger partial charge in [-0.25, -0.2) is 4.68 Å². The van der Waals surface area contributed by atoms with Crippen LogP contribution in [0.4, 0.5) is 0 Å². The molecule has 3 aromatic rings. The molecule has 1 amide bonds. The molecule has 2 aromatic carbocycles. The third-order valence-electron chi connectivity index (χ3n) is 5.07. The molecule has 4 rings (SSSR count). The van der Waals surface area contributed by atoms with Crippen molar-refractivity contribution in [2.24, 2.45) is 0 Å². The van der Waals surface area contributed by atoms with Crippen molar-refractivity contribution >= 4 is 17.5 Å². The van der Waals surface area contributed by atoms with Gasteiger partial charge in [-0.05, 0) is 43.2 Å². The van der Waals surface area contributed by atoms with Gasteiger partial charge in [0.15, 0.2) is 0 Å². The molecule has 138 valence electrons.